The van der Waals surface area contributed by atoms with Crippen molar-refractivity contribution in [2.75, 3.05) is 11.5 Å². The number of rotatable bonds is 4. The summed E-state index contributed by atoms with van der Waals surface area (Å²) in [5.41, 5.74) is 14.8. The maximum atomic E-state index is 9.35. The van der Waals surface area contributed by atoms with Gasteiger partial charge in [-0.2, -0.15) is 10.2 Å². The molecule has 124 valence electrons. The lowest BCUT2D eigenvalue weighted by Gasteiger charge is -2.12. The van der Waals surface area contributed by atoms with E-state index in [2.05, 4.69) is 9.97 Å². The zero-order valence-corrected chi connectivity index (χ0v) is 13.7. The van der Waals surface area contributed by atoms with Crippen molar-refractivity contribution in [3.8, 4) is 23.1 Å². The van der Waals surface area contributed by atoms with E-state index in [9.17, 15) is 5.26 Å². The second-order valence-corrected chi connectivity index (χ2v) is 5.56. The maximum absolute atomic E-state index is 9.35. The van der Waals surface area contributed by atoms with Crippen LogP contribution in [0.1, 0.15) is 16.7 Å². The van der Waals surface area contributed by atoms with Crippen LogP contribution in [-0.4, -0.2) is 9.97 Å². The molecule has 0 radical (unpaired) electrons. The van der Waals surface area contributed by atoms with Crippen molar-refractivity contribution in [2.45, 2.75) is 13.5 Å². The summed E-state index contributed by atoms with van der Waals surface area (Å²) < 4.78 is 5.93. The SMILES string of the molecule is Cc1ccc(-c2nc(N)nc(N)c2C#N)cc1OCc1ccccc1. The third-order valence-corrected chi connectivity index (χ3v) is 3.76. The van der Waals surface area contributed by atoms with E-state index < -0.39 is 0 Å². The molecule has 0 fully saturated rings. The van der Waals surface area contributed by atoms with Gasteiger partial charge in [-0.25, -0.2) is 4.98 Å². The van der Waals surface area contributed by atoms with Gasteiger partial charge in [0.1, 0.15) is 29.8 Å². The summed E-state index contributed by atoms with van der Waals surface area (Å²) in [6.45, 7) is 2.41. The van der Waals surface area contributed by atoms with Crippen LogP contribution in [0, 0.1) is 18.3 Å². The molecule has 25 heavy (non-hydrogen) atoms. The monoisotopic (exact) mass is 331 g/mol. The van der Waals surface area contributed by atoms with Gasteiger partial charge in [-0.3, -0.25) is 0 Å². The highest BCUT2D eigenvalue weighted by molar-refractivity contribution is 5.74. The second-order valence-electron chi connectivity index (χ2n) is 5.56. The minimum atomic E-state index is 0.0267. The highest BCUT2D eigenvalue weighted by Gasteiger charge is 2.14. The number of nitriles is 1. The number of nitrogen functional groups attached to an aromatic ring is 2. The molecular formula is C19H17N5O. The highest BCUT2D eigenvalue weighted by Crippen LogP contribution is 2.30. The molecule has 0 bridgehead atoms. The Bertz CT molecular complexity index is 948. The Balaban J connectivity index is 1.96. The Labute approximate surface area is 145 Å². The van der Waals surface area contributed by atoms with E-state index in [0.717, 1.165) is 11.1 Å². The van der Waals surface area contributed by atoms with Crippen molar-refractivity contribution in [2.24, 2.45) is 0 Å². The molecule has 0 atom stereocenters. The third-order valence-electron chi connectivity index (χ3n) is 3.76. The Morgan fingerprint density at radius 2 is 1.84 bits per heavy atom. The quantitative estimate of drug-likeness (QED) is 0.760. The topological polar surface area (TPSA) is 111 Å². The van der Waals surface area contributed by atoms with Gasteiger partial charge in [0.05, 0.1) is 5.69 Å². The van der Waals surface area contributed by atoms with Gasteiger partial charge in [0.25, 0.3) is 0 Å². The molecular weight excluding hydrogens is 314 g/mol. The molecule has 0 saturated carbocycles. The molecule has 4 N–H and O–H groups in total. The fourth-order valence-electron chi connectivity index (χ4n) is 2.45. The van der Waals surface area contributed by atoms with Gasteiger partial charge in [0, 0.05) is 5.56 Å². The zero-order valence-electron chi connectivity index (χ0n) is 13.7. The fourth-order valence-corrected chi connectivity index (χ4v) is 2.45. The van der Waals surface area contributed by atoms with Gasteiger partial charge >= 0.3 is 0 Å². The van der Waals surface area contributed by atoms with E-state index in [4.69, 9.17) is 16.2 Å². The molecule has 6 nitrogen and oxygen atoms in total. The third kappa shape index (κ3) is 3.51. The number of hydrogen-bond acceptors (Lipinski definition) is 6. The molecule has 3 rings (SSSR count). The van der Waals surface area contributed by atoms with Crippen LogP contribution in [0.25, 0.3) is 11.3 Å². The molecule has 0 saturated heterocycles. The minimum absolute atomic E-state index is 0.0267. The molecule has 0 aliphatic heterocycles. The number of benzene rings is 2. The largest absolute Gasteiger partial charge is 0.489 e. The number of ether oxygens (including phenoxy) is 1. The van der Waals surface area contributed by atoms with Crippen LogP contribution in [0.2, 0.25) is 0 Å². The first kappa shape index (κ1) is 16.3. The Morgan fingerprint density at radius 3 is 2.56 bits per heavy atom. The van der Waals surface area contributed by atoms with E-state index >= 15 is 0 Å². The van der Waals surface area contributed by atoms with E-state index in [1.165, 1.54) is 0 Å². The van der Waals surface area contributed by atoms with Crippen molar-refractivity contribution >= 4 is 11.8 Å². The highest BCUT2D eigenvalue weighted by atomic mass is 16.5. The average Bonchev–Trinajstić information content (AvgIpc) is 2.61. The van der Waals surface area contributed by atoms with E-state index in [1.54, 1.807) is 0 Å². The number of nitrogens with zero attached hydrogens (tertiary/aromatic N) is 3. The fraction of sp³-hybridized carbons (Fsp3) is 0.105. The van der Waals surface area contributed by atoms with Gasteiger partial charge < -0.3 is 16.2 Å². The molecule has 0 aliphatic carbocycles. The summed E-state index contributed by atoms with van der Waals surface area (Å²) in [6, 6.07) is 17.5. The summed E-state index contributed by atoms with van der Waals surface area (Å²) in [4.78, 5) is 8.01. The predicted octanol–water partition coefficient (Wildman–Crippen LogP) is 3.07. The number of anilines is 2. The van der Waals surface area contributed by atoms with Crippen molar-refractivity contribution in [1.82, 2.24) is 9.97 Å². The number of aryl methyl sites for hydroxylation is 1. The van der Waals surface area contributed by atoms with Crippen LogP contribution in [-0.2, 0) is 6.61 Å². The summed E-state index contributed by atoms with van der Waals surface area (Å²) >= 11 is 0. The van der Waals surface area contributed by atoms with Crippen LogP contribution >= 0.6 is 0 Å². The normalized spacial score (nSPS) is 10.2. The lowest BCUT2D eigenvalue weighted by Crippen LogP contribution is -2.05. The van der Waals surface area contributed by atoms with Crippen molar-refractivity contribution in [1.29, 1.82) is 5.26 Å². The van der Waals surface area contributed by atoms with Crippen LogP contribution < -0.4 is 16.2 Å². The van der Waals surface area contributed by atoms with Crippen LogP contribution in [0.4, 0.5) is 11.8 Å². The molecule has 0 amide bonds. The first-order valence-electron chi connectivity index (χ1n) is 7.69. The van der Waals surface area contributed by atoms with E-state index in [1.807, 2.05) is 61.5 Å². The number of nitrogens with two attached hydrogens (primary N) is 2. The Morgan fingerprint density at radius 1 is 1.08 bits per heavy atom. The summed E-state index contributed by atoms with van der Waals surface area (Å²) in [6.07, 6.45) is 0. The smallest absolute Gasteiger partial charge is 0.222 e. The lowest BCUT2D eigenvalue weighted by atomic mass is 10.0. The van der Waals surface area contributed by atoms with Crippen LogP contribution in [0.3, 0.4) is 0 Å². The minimum Gasteiger partial charge on any atom is -0.489 e. The molecule has 6 heteroatoms. The zero-order chi connectivity index (χ0) is 17.8. The standard InChI is InChI=1S/C19H17N5O/c1-12-7-8-14(17-15(10-20)18(21)24-19(22)23-17)9-16(12)25-11-13-5-3-2-4-6-13/h2-9H,11H2,1H3,(H4,21,22,23,24). The molecule has 2 aromatic carbocycles. The lowest BCUT2D eigenvalue weighted by molar-refractivity contribution is 0.304. The van der Waals surface area contributed by atoms with Crippen molar-refractivity contribution in [3.05, 3.63) is 65.2 Å². The molecule has 0 unspecified atom stereocenters. The summed E-state index contributed by atoms with van der Waals surface area (Å²) in [5, 5.41) is 9.35. The van der Waals surface area contributed by atoms with E-state index in [0.29, 0.717) is 23.6 Å². The first-order valence-corrected chi connectivity index (χ1v) is 7.69. The van der Waals surface area contributed by atoms with Gasteiger partial charge in [-0.1, -0.05) is 42.5 Å². The second kappa shape index (κ2) is 6.89. The summed E-state index contributed by atoms with van der Waals surface area (Å²) in [5.74, 6) is 0.803. The van der Waals surface area contributed by atoms with Crippen LogP contribution in [0.15, 0.2) is 48.5 Å². The molecule has 1 aromatic heterocycles. The summed E-state index contributed by atoms with van der Waals surface area (Å²) in [7, 11) is 0. The molecule has 0 spiro atoms. The predicted molar refractivity (Wildman–Crippen MR) is 96.5 cm³/mol. The van der Waals surface area contributed by atoms with Gasteiger partial charge in [-0.05, 0) is 24.1 Å². The molecule has 1 heterocycles. The molecule has 0 aliphatic rings. The Kier molecular flexibility index (Phi) is 4.48. The number of aromatic nitrogens is 2. The van der Waals surface area contributed by atoms with Crippen molar-refractivity contribution < 1.29 is 4.74 Å². The van der Waals surface area contributed by atoms with Gasteiger partial charge in [0.15, 0.2) is 0 Å². The van der Waals surface area contributed by atoms with Gasteiger partial charge in [-0.15, -0.1) is 0 Å². The average molecular weight is 331 g/mol. The van der Waals surface area contributed by atoms with Crippen LogP contribution in [0.5, 0.6) is 5.75 Å². The van der Waals surface area contributed by atoms with E-state index in [-0.39, 0.29) is 17.3 Å². The number of hydrogen-bond donors (Lipinski definition) is 2. The van der Waals surface area contributed by atoms with Gasteiger partial charge in [0.2, 0.25) is 5.95 Å². The Hall–Kier alpha value is -3.59. The molecule has 3 aromatic rings. The van der Waals surface area contributed by atoms with Crippen molar-refractivity contribution in [3.63, 3.8) is 0 Å². The maximum Gasteiger partial charge on any atom is 0.222 e. The first-order chi connectivity index (χ1) is 12.1.